The number of benzene rings is 2. The van der Waals surface area contributed by atoms with Gasteiger partial charge in [-0.05, 0) is 48.5 Å². The van der Waals surface area contributed by atoms with Gasteiger partial charge in [0.25, 0.3) is 5.91 Å². The van der Waals surface area contributed by atoms with Crippen molar-refractivity contribution in [3.05, 3.63) is 59.6 Å². The van der Waals surface area contributed by atoms with Gasteiger partial charge in [0.2, 0.25) is 0 Å². The number of hydrogen-bond acceptors (Lipinski definition) is 7. The molecule has 0 bridgehead atoms. The Morgan fingerprint density at radius 3 is 2.42 bits per heavy atom. The number of methoxy groups -OCH3 is 2. The van der Waals surface area contributed by atoms with E-state index in [9.17, 15) is 4.79 Å². The lowest BCUT2D eigenvalue weighted by Crippen LogP contribution is -2.50. The van der Waals surface area contributed by atoms with Crippen LogP contribution in [0.1, 0.15) is 0 Å². The lowest BCUT2D eigenvalue weighted by Gasteiger charge is -2.35. The second kappa shape index (κ2) is 10.4. The summed E-state index contributed by atoms with van der Waals surface area (Å²) >= 11 is 5.95. The molecule has 9 heteroatoms. The second-order valence-corrected chi connectivity index (χ2v) is 7.89. The Bertz CT molecular complexity index is 1100. The average molecular weight is 469 g/mol. The van der Waals surface area contributed by atoms with E-state index in [4.69, 9.17) is 25.8 Å². The molecule has 1 aliphatic rings. The molecule has 0 radical (unpaired) electrons. The fourth-order valence-corrected chi connectivity index (χ4v) is 3.81. The van der Waals surface area contributed by atoms with Crippen LogP contribution in [0.3, 0.4) is 0 Å². The Labute approximate surface area is 197 Å². The van der Waals surface area contributed by atoms with Crippen molar-refractivity contribution in [2.24, 2.45) is 0 Å². The minimum Gasteiger partial charge on any atom is -0.497 e. The number of hydrogen-bond donors (Lipinski definition) is 0. The van der Waals surface area contributed by atoms with Gasteiger partial charge in [-0.3, -0.25) is 4.79 Å². The molecule has 0 N–H and O–H groups in total. The van der Waals surface area contributed by atoms with Crippen LogP contribution in [-0.4, -0.2) is 68.0 Å². The normalized spacial score (nSPS) is 13.5. The molecular weight excluding hydrogens is 444 g/mol. The van der Waals surface area contributed by atoms with Crippen LogP contribution in [0.5, 0.6) is 17.2 Å². The first-order valence-corrected chi connectivity index (χ1v) is 10.9. The van der Waals surface area contributed by atoms with Gasteiger partial charge in [0.1, 0.15) is 17.2 Å². The first-order valence-electron chi connectivity index (χ1n) is 10.5. The third-order valence-corrected chi connectivity index (χ3v) is 5.68. The summed E-state index contributed by atoms with van der Waals surface area (Å²) in [5, 5.41) is 9.37. The Kier molecular flexibility index (Phi) is 7.14. The predicted molar refractivity (Wildman–Crippen MR) is 126 cm³/mol. The van der Waals surface area contributed by atoms with Crippen LogP contribution in [0.2, 0.25) is 5.02 Å². The minimum atomic E-state index is -0.0545. The van der Waals surface area contributed by atoms with Gasteiger partial charge < -0.3 is 24.0 Å². The van der Waals surface area contributed by atoms with Crippen LogP contribution in [0, 0.1) is 0 Å². The maximum absolute atomic E-state index is 12.5. The molecule has 33 heavy (non-hydrogen) atoms. The van der Waals surface area contributed by atoms with Crippen molar-refractivity contribution in [1.29, 1.82) is 0 Å². The molecule has 0 spiro atoms. The van der Waals surface area contributed by atoms with Gasteiger partial charge in [0.05, 0.1) is 19.9 Å². The number of piperazine rings is 1. The maximum Gasteiger partial charge on any atom is 0.260 e. The summed E-state index contributed by atoms with van der Waals surface area (Å²) in [6, 6.07) is 16.4. The highest BCUT2D eigenvalue weighted by molar-refractivity contribution is 6.30. The molecule has 0 aliphatic carbocycles. The van der Waals surface area contributed by atoms with Crippen molar-refractivity contribution in [2.75, 3.05) is 51.9 Å². The largest absolute Gasteiger partial charge is 0.497 e. The first kappa shape index (κ1) is 22.7. The van der Waals surface area contributed by atoms with E-state index in [0.29, 0.717) is 48.4 Å². The van der Waals surface area contributed by atoms with Gasteiger partial charge in [-0.1, -0.05) is 17.7 Å². The number of aromatic nitrogens is 2. The number of anilines is 1. The van der Waals surface area contributed by atoms with E-state index in [1.165, 1.54) is 0 Å². The Morgan fingerprint density at radius 2 is 1.76 bits per heavy atom. The summed E-state index contributed by atoms with van der Waals surface area (Å²) in [6.07, 6.45) is 0. The van der Waals surface area contributed by atoms with Crippen LogP contribution in [0.15, 0.2) is 54.6 Å². The molecule has 2 aromatic carbocycles. The predicted octanol–water partition coefficient (Wildman–Crippen LogP) is 3.54. The molecule has 0 saturated carbocycles. The molecule has 1 aliphatic heterocycles. The van der Waals surface area contributed by atoms with Crippen molar-refractivity contribution in [3.63, 3.8) is 0 Å². The van der Waals surface area contributed by atoms with E-state index < -0.39 is 0 Å². The number of carbonyl (C=O) groups is 1. The molecule has 0 unspecified atom stereocenters. The van der Waals surface area contributed by atoms with E-state index in [1.807, 2.05) is 30.3 Å². The van der Waals surface area contributed by atoms with Crippen molar-refractivity contribution in [3.8, 4) is 28.5 Å². The quantitative estimate of drug-likeness (QED) is 0.524. The minimum absolute atomic E-state index is 0.0167. The van der Waals surface area contributed by atoms with E-state index in [2.05, 4.69) is 15.1 Å². The topological polar surface area (TPSA) is 77.0 Å². The number of amides is 1. The third kappa shape index (κ3) is 5.46. The Balaban J connectivity index is 1.34. The maximum atomic E-state index is 12.5. The fraction of sp³-hybridized carbons (Fsp3) is 0.292. The van der Waals surface area contributed by atoms with Gasteiger partial charge in [0, 0.05) is 36.8 Å². The number of rotatable bonds is 7. The zero-order chi connectivity index (χ0) is 23.2. The summed E-state index contributed by atoms with van der Waals surface area (Å²) < 4.78 is 16.3. The molecule has 172 valence electrons. The average Bonchev–Trinajstić information content (AvgIpc) is 2.87. The van der Waals surface area contributed by atoms with Crippen LogP contribution < -0.4 is 19.1 Å². The highest BCUT2D eigenvalue weighted by atomic mass is 35.5. The van der Waals surface area contributed by atoms with Gasteiger partial charge in [-0.25, -0.2) is 0 Å². The number of ether oxygens (including phenoxy) is 3. The third-order valence-electron chi connectivity index (χ3n) is 5.45. The van der Waals surface area contributed by atoms with E-state index in [1.54, 1.807) is 43.4 Å². The van der Waals surface area contributed by atoms with Crippen LogP contribution in [0.4, 0.5) is 5.82 Å². The van der Waals surface area contributed by atoms with E-state index >= 15 is 0 Å². The van der Waals surface area contributed by atoms with Crippen LogP contribution in [0.25, 0.3) is 11.3 Å². The molecule has 4 rings (SSSR count). The van der Waals surface area contributed by atoms with Crippen molar-refractivity contribution in [2.45, 2.75) is 0 Å². The fourth-order valence-electron chi connectivity index (χ4n) is 3.63. The highest BCUT2D eigenvalue weighted by Crippen LogP contribution is 2.32. The number of nitrogens with zero attached hydrogens (tertiary/aromatic N) is 4. The zero-order valence-electron chi connectivity index (χ0n) is 18.5. The molecule has 2 heterocycles. The summed E-state index contributed by atoms with van der Waals surface area (Å²) in [4.78, 5) is 16.4. The molecule has 1 saturated heterocycles. The SMILES string of the molecule is COc1ccc(OC)c(-c2ccc(N3CCN(C(=O)COc4cccc(Cl)c4)CC3)nn2)c1. The zero-order valence-corrected chi connectivity index (χ0v) is 19.3. The number of carbonyl (C=O) groups excluding carboxylic acids is 1. The van der Waals surface area contributed by atoms with E-state index in [0.717, 1.165) is 17.1 Å². The van der Waals surface area contributed by atoms with Crippen molar-refractivity contribution >= 4 is 23.3 Å². The summed E-state index contributed by atoms with van der Waals surface area (Å²) in [5.41, 5.74) is 1.51. The van der Waals surface area contributed by atoms with Crippen molar-refractivity contribution in [1.82, 2.24) is 15.1 Å². The van der Waals surface area contributed by atoms with Gasteiger partial charge in [-0.15, -0.1) is 10.2 Å². The summed E-state index contributed by atoms with van der Waals surface area (Å²) in [7, 11) is 3.24. The lowest BCUT2D eigenvalue weighted by molar-refractivity contribution is -0.133. The summed E-state index contributed by atoms with van der Waals surface area (Å²) in [6.45, 7) is 2.49. The van der Waals surface area contributed by atoms with Gasteiger partial charge in [-0.2, -0.15) is 0 Å². The monoisotopic (exact) mass is 468 g/mol. The highest BCUT2D eigenvalue weighted by Gasteiger charge is 2.22. The lowest BCUT2D eigenvalue weighted by atomic mass is 10.1. The molecule has 0 atom stereocenters. The molecular formula is C24H25ClN4O4. The van der Waals surface area contributed by atoms with Crippen LogP contribution in [-0.2, 0) is 4.79 Å². The molecule has 3 aromatic rings. The second-order valence-electron chi connectivity index (χ2n) is 7.46. The first-order chi connectivity index (χ1) is 16.1. The number of halogens is 1. The Morgan fingerprint density at radius 1 is 0.939 bits per heavy atom. The summed E-state index contributed by atoms with van der Waals surface area (Å²) in [5.74, 6) is 2.71. The van der Waals surface area contributed by atoms with Gasteiger partial charge in [0.15, 0.2) is 12.4 Å². The molecule has 8 nitrogen and oxygen atoms in total. The Hall–Kier alpha value is -3.52. The molecule has 1 amide bonds. The van der Waals surface area contributed by atoms with Gasteiger partial charge >= 0.3 is 0 Å². The van der Waals surface area contributed by atoms with Crippen LogP contribution >= 0.6 is 11.6 Å². The standard InChI is InChI=1S/C24H25ClN4O4/c1-31-18-6-8-22(32-2)20(15-18)21-7-9-23(27-26-21)28-10-12-29(13-11-28)24(30)16-33-19-5-3-4-17(25)14-19/h3-9,14-15H,10-13,16H2,1-2H3. The van der Waals surface area contributed by atoms with E-state index in [-0.39, 0.29) is 12.5 Å². The molecule has 1 aromatic heterocycles. The smallest absolute Gasteiger partial charge is 0.260 e. The van der Waals surface area contributed by atoms with Crippen molar-refractivity contribution < 1.29 is 19.0 Å². The molecule has 1 fully saturated rings.